The first-order valence-electron chi connectivity index (χ1n) is 9.61. The minimum atomic E-state index is -1.02. The van der Waals surface area contributed by atoms with E-state index in [1.807, 2.05) is 6.07 Å². The Hall–Kier alpha value is -3.81. The first-order chi connectivity index (χ1) is 14.5. The van der Waals surface area contributed by atoms with Gasteiger partial charge in [0.25, 0.3) is 0 Å². The molecule has 1 aromatic heterocycles. The number of phenols is 1. The number of esters is 1. The van der Waals surface area contributed by atoms with Gasteiger partial charge in [-0.2, -0.15) is 0 Å². The van der Waals surface area contributed by atoms with Crippen LogP contribution in [0.5, 0.6) is 11.5 Å². The van der Waals surface area contributed by atoms with Crippen LogP contribution in [0.2, 0.25) is 0 Å². The largest absolute Gasteiger partial charge is 0.507 e. The zero-order chi connectivity index (χ0) is 22.8. The van der Waals surface area contributed by atoms with E-state index in [2.05, 4.69) is 5.32 Å². The maximum Gasteiger partial charge on any atom is 0.408 e. The highest BCUT2D eigenvalue weighted by molar-refractivity contribution is 5.88. The highest BCUT2D eigenvalue weighted by atomic mass is 16.6. The fourth-order valence-corrected chi connectivity index (χ4v) is 2.79. The summed E-state index contributed by atoms with van der Waals surface area (Å²) in [6.07, 6.45) is -0.767. The Morgan fingerprint density at radius 2 is 1.77 bits per heavy atom. The second-order valence-electron chi connectivity index (χ2n) is 7.95. The number of amides is 1. The van der Waals surface area contributed by atoms with Crippen LogP contribution >= 0.6 is 0 Å². The molecule has 0 radical (unpaired) electrons. The molecule has 0 aliphatic carbocycles. The van der Waals surface area contributed by atoms with E-state index in [0.29, 0.717) is 11.3 Å². The SMILES string of the molecule is CC(NC(=O)OC(C)(C)C)C(=O)Oc1cc(O)c2c(=O)cc(-c3ccccc3)oc2c1. The van der Waals surface area contributed by atoms with Crippen LogP contribution in [-0.4, -0.2) is 28.8 Å². The van der Waals surface area contributed by atoms with Gasteiger partial charge in [0.1, 0.15) is 39.9 Å². The molecular formula is C23H23NO7. The van der Waals surface area contributed by atoms with Crippen molar-refractivity contribution in [1.82, 2.24) is 5.32 Å². The standard InChI is InChI=1S/C23H23NO7/c1-13(24-22(28)31-23(2,3)4)21(27)29-15-10-16(25)20-17(26)12-18(30-19(20)11-15)14-8-6-5-7-9-14/h5-13,25H,1-4H3,(H,24,28). The van der Waals surface area contributed by atoms with Gasteiger partial charge < -0.3 is 24.3 Å². The van der Waals surface area contributed by atoms with Crippen LogP contribution in [0.1, 0.15) is 27.7 Å². The minimum Gasteiger partial charge on any atom is -0.507 e. The lowest BCUT2D eigenvalue weighted by atomic mass is 10.1. The number of fused-ring (bicyclic) bond motifs is 1. The monoisotopic (exact) mass is 425 g/mol. The molecule has 0 spiro atoms. The molecule has 31 heavy (non-hydrogen) atoms. The fourth-order valence-electron chi connectivity index (χ4n) is 2.79. The van der Waals surface area contributed by atoms with Gasteiger partial charge in [0.05, 0.1) is 0 Å². The van der Waals surface area contributed by atoms with Crippen LogP contribution in [-0.2, 0) is 9.53 Å². The Balaban J connectivity index is 1.85. The molecule has 0 saturated carbocycles. The number of carbonyl (C=O) groups is 2. The molecule has 0 fully saturated rings. The molecule has 1 unspecified atom stereocenters. The Kier molecular flexibility index (Phi) is 6.01. The Morgan fingerprint density at radius 1 is 1.10 bits per heavy atom. The summed E-state index contributed by atoms with van der Waals surface area (Å²) in [5.41, 5.74) is -0.415. The third kappa shape index (κ3) is 5.42. The number of carbonyl (C=O) groups excluding carboxylic acids is 2. The summed E-state index contributed by atoms with van der Waals surface area (Å²) in [7, 11) is 0. The van der Waals surface area contributed by atoms with Gasteiger partial charge in [-0.25, -0.2) is 9.59 Å². The van der Waals surface area contributed by atoms with Crippen LogP contribution in [0, 0.1) is 0 Å². The van der Waals surface area contributed by atoms with Crippen molar-refractivity contribution in [1.29, 1.82) is 0 Å². The maximum atomic E-state index is 12.5. The molecular weight excluding hydrogens is 402 g/mol. The van der Waals surface area contributed by atoms with E-state index in [9.17, 15) is 19.5 Å². The molecule has 0 aliphatic rings. The van der Waals surface area contributed by atoms with E-state index in [1.165, 1.54) is 19.1 Å². The van der Waals surface area contributed by atoms with Crippen LogP contribution in [0.25, 0.3) is 22.3 Å². The van der Waals surface area contributed by atoms with Gasteiger partial charge in [-0.15, -0.1) is 0 Å². The van der Waals surface area contributed by atoms with Crippen molar-refractivity contribution in [2.45, 2.75) is 39.3 Å². The number of hydrogen-bond acceptors (Lipinski definition) is 7. The molecule has 2 N–H and O–H groups in total. The molecule has 162 valence electrons. The number of hydrogen-bond donors (Lipinski definition) is 2. The average Bonchev–Trinajstić information content (AvgIpc) is 2.66. The van der Waals surface area contributed by atoms with Crippen molar-refractivity contribution in [2.24, 2.45) is 0 Å². The number of aromatic hydroxyl groups is 1. The fraction of sp³-hybridized carbons (Fsp3) is 0.261. The van der Waals surface area contributed by atoms with Crippen LogP contribution in [0.4, 0.5) is 4.79 Å². The summed E-state index contributed by atoms with van der Waals surface area (Å²) < 4.78 is 16.1. The topological polar surface area (TPSA) is 115 Å². The van der Waals surface area contributed by atoms with E-state index in [4.69, 9.17) is 13.9 Å². The first-order valence-corrected chi connectivity index (χ1v) is 9.61. The molecule has 8 heteroatoms. The Morgan fingerprint density at radius 3 is 2.42 bits per heavy atom. The summed E-state index contributed by atoms with van der Waals surface area (Å²) in [6, 6.07) is 11.7. The quantitative estimate of drug-likeness (QED) is 0.480. The number of rotatable bonds is 4. The summed E-state index contributed by atoms with van der Waals surface area (Å²) >= 11 is 0. The van der Waals surface area contributed by atoms with Crippen molar-refractivity contribution in [3.05, 3.63) is 58.8 Å². The molecule has 0 bridgehead atoms. The smallest absolute Gasteiger partial charge is 0.408 e. The molecule has 1 heterocycles. The van der Waals surface area contributed by atoms with E-state index in [0.717, 1.165) is 6.07 Å². The van der Waals surface area contributed by atoms with Crippen molar-refractivity contribution < 1.29 is 28.6 Å². The molecule has 8 nitrogen and oxygen atoms in total. The van der Waals surface area contributed by atoms with Gasteiger partial charge in [-0.1, -0.05) is 30.3 Å². The van der Waals surface area contributed by atoms with Crippen molar-refractivity contribution in [3.8, 4) is 22.8 Å². The molecule has 3 rings (SSSR count). The van der Waals surface area contributed by atoms with Crippen LogP contribution in [0.15, 0.2) is 57.7 Å². The maximum absolute atomic E-state index is 12.5. The van der Waals surface area contributed by atoms with Crippen LogP contribution < -0.4 is 15.5 Å². The van der Waals surface area contributed by atoms with Gasteiger partial charge >= 0.3 is 12.1 Å². The number of ether oxygens (including phenoxy) is 2. The van der Waals surface area contributed by atoms with Crippen molar-refractivity contribution in [2.75, 3.05) is 0 Å². The second kappa shape index (κ2) is 8.51. The molecule has 3 aromatic rings. The number of alkyl carbamates (subject to hydrolysis) is 1. The van der Waals surface area contributed by atoms with E-state index < -0.39 is 29.1 Å². The van der Waals surface area contributed by atoms with Crippen LogP contribution in [0.3, 0.4) is 0 Å². The molecule has 1 amide bonds. The van der Waals surface area contributed by atoms with E-state index in [1.54, 1.807) is 45.0 Å². The number of phenolic OH excluding ortho intramolecular Hbond substituents is 1. The second-order valence-corrected chi connectivity index (χ2v) is 7.95. The summed E-state index contributed by atoms with van der Waals surface area (Å²) in [4.78, 5) is 36.7. The zero-order valence-corrected chi connectivity index (χ0v) is 17.6. The number of benzene rings is 2. The summed E-state index contributed by atoms with van der Waals surface area (Å²) in [6.45, 7) is 6.53. The lowest BCUT2D eigenvalue weighted by molar-refractivity contribution is -0.136. The highest BCUT2D eigenvalue weighted by Crippen LogP contribution is 2.31. The third-order valence-electron chi connectivity index (χ3n) is 4.15. The van der Waals surface area contributed by atoms with Gasteiger partial charge in [0, 0.05) is 23.8 Å². The summed E-state index contributed by atoms with van der Waals surface area (Å²) in [5.74, 6) is -0.908. The summed E-state index contributed by atoms with van der Waals surface area (Å²) in [5, 5.41) is 12.6. The first kappa shape index (κ1) is 21.9. The predicted octanol–water partition coefficient (Wildman–Crippen LogP) is 3.98. The Bertz CT molecular complexity index is 1180. The van der Waals surface area contributed by atoms with Gasteiger partial charge in [-0.3, -0.25) is 4.79 Å². The highest BCUT2D eigenvalue weighted by Gasteiger charge is 2.23. The van der Waals surface area contributed by atoms with E-state index >= 15 is 0 Å². The Labute approximate surface area is 178 Å². The lowest BCUT2D eigenvalue weighted by Gasteiger charge is -2.21. The molecule has 0 saturated heterocycles. The van der Waals surface area contributed by atoms with Crippen molar-refractivity contribution >= 4 is 23.0 Å². The van der Waals surface area contributed by atoms with E-state index in [-0.39, 0.29) is 22.5 Å². The molecule has 0 aliphatic heterocycles. The number of nitrogens with one attached hydrogen (secondary N) is 1. The van der Waals surface area contributed by atoms with Gasteiger partial charge in [0.15, 0.2) is 5.43 Å². The van der Waals surface area contributed by atoms with Crippen molar-refractivity contribution in [3.63, 3.8) is 0 Å². The lowest BCUT2D eigenvalue weighted by Crippen LogP contribution is -2.43. The third-order valence-corrected chi connectivity index (χ3v) is 4.15. The zero-order valence-electron chi connectivity index (χ0n) is 17.6. The molecule has 2 aromatic carbocycles. The van der Waals surface area contributed by atoms with Gasteiger partial charge in [-0.05, 0) is 27.7 Å². The predicted molar refractivity (Wildman–Crippen MR) is 114 cm³/mol. The average molecular weight is 425 g/mol. The minimum absolute atomic E-state index is 0.0283. The molecule has 1 atom stereocenters. The van der Waals surface area contributed by atoms with Gasteiger partial charge in [0.2, 0.25) is 0 Å². The normalized spacial score (nSPS) is 12.3.